The summed E-state index contributed by atoms with van der Waals surface area (Å²) in [6.07, 6.45) is 7.51. The van der Waals surface area contributed by atoms with E-state index in [0.29, 0.717) is 6.42 Å². The van der Waals surface area contributed by atoms with Crippen molar-refractivity contribution in [3.05, 3.63) is 29.1 Å². The number of hydrogen-bond acceptors (Lipinski definition) is 3. The minimum Gasteiger partial charge on any atom is -0.339 e. The Morgan fingerprint density at radius 2 is 2.26 bits per heavy atom. The molecule has 1 saturated carbocycles. The molecule has 0 atom stereocenters. The highest BCUT2D eigenvalue weighted by molar-refractivity contribution is 9.10. The highest BCUT2D eigenvalue weighted by Gasteiger charge is 2.46. The number of hydrogen-bond donors (Lipinski definition) is 0. The zero-order valence-electron chi connectivity index (χ0n) is 10.2. The van der Waals surface area contributed by atoms with Gasteiger partial charge in [0.15, 0.2) is 0 Å². The molecule has 0 bridgehead atoms. The van der Waals surface area contributed by atoms with Crippen molar-refractivity contribution in [1.29, 1.82) is 10.5 Å². The quantitative estimate of drug-likeness (QED) is 0.853. The summed E-state index contributed by atoms with van der Waals surface area (Å²) in [6.45, 7) is 0. The molecule has 0 spiro atoms. The zero-order valence-corrected chi connectivity index (χ0v) is 11.8. The van der Waals surface area contributed by atoms with Gasteiger partial charge in [0.05, 0.1) is 35.5 Å². The predicted molar refractivity (Wildman–Crippen MR) is 74.0 cm³/mol. The van der Waals surface area contributed by atoms with Gasteiger partial charge in [-0.1, -0.05) is 0 Å². The van der Waals surface area contributed by atoms with Crippen LogP contribution in [0, 0.1) is 28.6 Å². The van der Waals surface area contributed by atoms with Crippen LogP contribution >= 0.6 is 15.9 Å². The molecule has 0 aliphatic heterocycles. The molecule has 94 valence electrons. The molecule has 2 aromatic heterocycles. The normalized spacial score (nSPS) is 25.5. The third-order valence-corrected chi connectivity index (χ3v) is 4.54. The van der Waals surface area contributed by atoms with Crippen molar-refractivity contribution in [1.82, 2.24) is 9.55 Å². The van der Waals surface area contributed by atoms with Gasteiger partial charge in [-0.15, -0.1) is 0 Å². The van der Waals surface area contributed by atoms with Gasteiger partial charge in [0, 0.05) is 28.4 Å². The standard InChI is InChI=1S/C14H11BrN4/c15-12-9-19(13-1-4-18-8-11(12)13)14(2-3-16)5-10(6-14)7-17/h1,4,8-10H,2,5-6H2/t10-,14-. The minimum atomic E-state index is -0.235. The second-order valence-corrected chi connectivity index (χ2v) is 5.89. The van der Waals surface area contributed by atoms with Gasteiger partial charge >= 0.3 is 0 Å². The van der Waals surface area contributed by atoms with Gasteiger partial charge in [-0.3, -0.25) is 4.98 Å². The van der Waals surface area contributed by atoms with Crippen molar-refractivity contribution >= 4 is 26.8 Å². The molecular weight excluding hydrogens is 304 g/mol. The Bertz CT molecular complexity index is 713. The molecule has 0 aromatic carbocycles. The average molecular weight is 315 g/mol. The third-order valence-electron chi connectivity index (χ3n) is 3.91. The summed E-state index contributed by atoms with van der Waals surface area (Å²) >= 11 is 3.54. The molecule has 2 heterocycles. The van der Waals surface area contributed by atoms with Crippen LogP contribution in [0.4, 0.5) is 0 Å². The Morgan fingerprint density at radius 3 is 2.95 bits per heavy atom. The SMILES string of the molecule is N#CC[C@]1(n2cc(Br)c3cnccc32)C[C@H](C#N)C1. The van der Waals surface area contributed by atoms with Crippen molar-refractivity contribution in [3.8, 4) is 12.1 Å². The highest BCUT2D eigenvalue weighted by atomic mass is 79.9. The van der Waals surface area contributed by atoms with Crippen LogP contribution in [0.3, 0.4) is 0 Å². The van der Waals surface area contributed by atoms with Gasteiger partial charge in [0.1, 0.15) is 0 Å². The maximum Gasteiger partial charge on any atom is 0.0657 e. The first-order valence-corrected chi connectivity index (χ1v) is 6.87. The number of fused-ring (bicyclic) bond motifs is 1. The summed E-state index contributed by atoms with van der Waals surface area (Å²) in [5.74, 6) is 0.0615. The largest absolute Gasteiger partial charge is 0.339 e. The van der Waals surface area contributed by atoms with Crippen LogP contribution in [-0.2, 0) is 5.54 Å². The third kappa shape index (κ3) is 1.74. The van der Waals surface area contributed by atoms with E-state index in [4.69, 9.17) is 10.5 Å². The molecule has 0 saturated heterocycles. The summed E-state index contributed by atoms with van der Waals surface area (Å²) in [5, 5.41) is 19.1. The van der Waals surface area contributed by atoms with Crippen molar-refractivity contribution in [2.45, 2.75) is 24.8 Å². The lowest BCUT2D eigenvalue weighted by molar-refractivity contribution is 0.109. The molecular formula is C14H11BrN4. The van der Waals surface area contributed by atoms with Gasteiger partial charge in [0.25, 0.3) is 0 Å². The molecule has 0 unspecified atom stereocenters. The first-order valence-electron chi connectivity index (χ1n) is 6.08. The fourth-order valence-electron chi connectivity index (χ4n) is 2.95. The topological polar surface area (TPSA) is 65.4 Å². The van der Waals surface area contributed by atoms with E-state index in [1.54, 1.807) is 6.20 Å². The Hall–Kier alpha value is -1.85. The second-order valence-electron chi connectivity index (χ2n) is 5.03. The number of nitrogens with zero attached hydrogens (tertiary/aromatic N) is 4. The molecule has 4 nitrogen and oxygen atoms in total. The van der Waals surface area contributed by atoms with E-state index in [1.807, 2.05) is 18.5 Å². The molecule has 5 heteroatoms. The molecule has 0 amide bonds. The first-order chi connectivity index (χ1) is 9.20. The summed E-state index contributed by atoms with van der Waals surface area (Å²) in [5.41, 5.74) is 0.828. The highest BCUT2D eigenvalue weighted by Crippen LogP contribution is 2.48. The summed E-state index contributed by atoms with van der Waals surface area (Å²) < 4.78 is 3.12. The number of aromatic nitrogens is 2. The van der Waals surface area contributed by atoms with Gasteiger partial charge in [-0.05, 0) is 34.8 Å². The van der Waals surface area contributed by atoms with Gasteiger partial charge in [-0.2, -0.15) is 10.5 Å². The first kappa shape index (κ1) is 12.2. The van der Waals surface area contributed by atoms with Gasteiger partial charge in [-0.25, -0.2) is 0 Å². The Morgan fingerprint density at radius 1 is 1.47 bits per heavy atom. The van der Waals surface area contributed by atoms with Crippen molar-refractivity contribution < 1.29 is 0 Å². The maximum atomic E-state index is 9.10. The van der Waals surface area contributed by atoms with E-state index in [1.165, 1.54) is 0 Å². The van der Waals surface area contributed by atoms with Crippen molar-refractivity contribution in [2.75, 3.05) is 0 Å². The molecule has 1 fully saturated rings. The van der Waals surface area contributed by atoms with E-state index in [0.717, 1.165) is 28.2 Å². The van der Waals surface area contributed by atoms with Crippen LogP contribution < -0.4 is 0 Å². The number of rotatable bonds is 2. The average Bonchev–Trinajstić information content (AvgIpc) is 2.72. The van der Waals surface area contributed by atoms with Crippen LogP contribution in [0.1, 0.15) is 19.3 Å². The fourth-order valence-corrected chi connectivity index (χ4v) is 3.46. The van der Waals surface area contributed by atoms with Crippen LogP contribution in [0.2, 0.25) is 0 Å². The Kier molecular flexibility index (Phi) is 2.80. The summed E-state index contributed by atoms with van der Waals surface area (Å²) in [4.78, 5) is 4.13. The monoisotopic (exact) mass is 314 g/mol. The van der Waals surface area contributed by atoms with E-state index in [-0.39, 0.29) is 11.5 Å². The van der Waals surface area contributed by atoms with E-state index in [2.05, 4.69) is 37.6 Å². The molecule has 1 aliphatic rings. The Balaban J connectivity index is 2.13. The van der Waals surface area contributed by atoms with E-state index in [9.17, 15) is 0 Å². The Labute approximate surface area is 119 Å². The number of pyridine rings is 1. The van der Waals surface area contributed by atoms with E-state index < -0.39 is 0 Å². The van der Waals surface area contributed by atoms with Crippen molar-refractivity contribution in [3.63, 3.8) is 0 Å². The van der Waals surface area contributed by atoms with E-state index >= 15 is 0 Å². The summed E-state index contributed by atoms with van der Waals surface area (Å²) in [7, 11) is 0. The number of halogens is 1. The predicted octanol–water partition coefficient (Wildman–Crippen LogP) is 3.34. The lowest BCUT2D eigenvalue weighted by Gasteiger charge is -2.45. The smallest absolute Gasteiger partial charge is 0.0657 e. The minimum absolute atomic E-state index is 0.0615. The second kappa shape index (κ2) is 4.36. The molecule has 1 aliphatic carbocycles. The maximum absolute atomic E-state index is 9.10. The molecule has 0 N–H and O–H groups in total. The summed E-state index contributed by atoms with van der Waals surface area (Å²) in [6, 6.07) is 6.52. The fraction of sp³-hybridized carbons (Fsp3) is 0.357. The zero-order chi connectivity index (χ0) is 13.5. The lowest BCUT2D eigenvalue weighted by atomic mass is 9.67. The van der Waals surface area contributed by atoms with Gasteiger partial charge in [0.2, 0.25) is 0 Å². The molecule has 0 radical (unpaired) electrons. The van der Waals surface area contributed by atoms with Crippen LogP contribution in [0.5, 0.6) is 0 Å². The van der Waals surface area contributed by atoms with Crippen LogP contribution in [0.25, 0.3) is 10.9 Å². The van der Waals surface area contributed by atoms with Crippen LogP contribution in [0.15, 0.2) is 29.1 Å². The lowest BCUT2D eigenvalue weighted by Crippen LogP contribution is -2.45. The molecule has 2 aromatic rings. The molecule has 19 heavy (non-hydrogen) atoms. The number of nitriles is 2. The molecule has 3 rings (SSSR count). The van der Waals surface area contributed by atoms with Crippen molar-refractivity contribution in [2.24, 2.45) is 5.92 Å². The van der Waals surface area contributed by atoms with Gasteiger partial charge < -0.3 is 4.57 Å². The van der Waals surface area contributed by atoms with Crippen LogP contribution in [-0.4, -0.2) is 9.55 Å².